The molecule has 3 aromatic rings. The van der Waals surface area contributed by atoms with E-state index < -0.39 is 23.5 Å². The highest BCUT2D eigenvalue weighted by molar-refractivity contribution is 7.07. The monoisotopic (exact) mass is 437 g/mol. The normalized spacial score (nSPS) is 11.3. The zero-order valence-electron chi connectivity index (χ0n) is 15.4. The minimum atomic E-state index is -4.79. The van der Waals surface area contributed by atoms with Gasteiger partial charge in [-0.1, -0.05) is 18.2 Å². The first kappa shape index (κ1) is 21.6. The summed E-state index contributed by atoms with van der Waals surface area (Å²) in [5, 5.41) is 4.16. The molecule has 0 saturated heterocycles. The highest BCUT2D eigenvalue weighted by Crippen LogP contribution is 2.32. The number of carbonyl (C=O) groups excluding carboxylic acids is 2. The molecule has 10 heteroatoms. The molecule has 0 aliphatic heterocycles. The van der Waals surface area contributed by atoms with Gasteiger partial charge >= 0.3 is 6.18 Å². The molecule has 30 heavy (non-hydrogen) atoms. The average Bonchev–Trinajstić information content (AvgIpc) is 3.23. The predicted molar refractivity (Wildman–Crippen MR) is 103 cm³/mol. The van der Waals surface area contributed by atoms with Crippen LogP contribution in [0.3, 0.4) is 0 Å². The Morgan fingerprint density at radius 1 is 1.10 bits per heavy atom. The SMILES string of the molecule is O=C(CCc1cccc(C(F)(F)F)c1F)Cc1ccc(NC(=O)c2cscn2)nc1. The van der Waals surface area contributed by atoms with Crippen molar-refractivity contribution in [2.45, 2.75) is 25.4 Å². The second kappa shape index (κ2) is 9.12. The fourth-order valence-electron chi connectivity index (χ4n) is 2.69. The van der Waals surface area contributed by atoms with Gasteiger partial charge in [-0.25, -0.2) is 14.4 Å². The Bertz CT molecular complexity index is 1040. The Hall–Kier alpha value is -3.14. The Labute approximate surface area is 172 Å². The molecule has 156 valence electrons. The number of aryl methyl sites for hydroxylation is 1. The zero-order chi connectivity index (χ0) is 21.7. The molecule has 1 amide bonds. The number of halogens is 4. The van der Waals surface area contributed by atoms with Gasteiger partial charge in [0.05, 0.1) is 11.1 Å². The lowest BCUT2D eigenvalue weighted by molar-refractivity contribution is -0.140. The van der Waals surface area contributed by atoms with Gasteiger partial charge < -0.3 is 5.32 Å². The summed E-state index contributed by atoms with van der Waals surface area (Å²) in [6.07, 6.45) is -3.62. The van der Waals surface area contributed by atoms with Crippen LogP contribution >= 0.6 is 11.3 Å². The number of hydrogen-bond acceptors (Lipinski definition) is 5. The summed E-state index contributed by atoms with van der Waals surface area (Å²) in [4.78, 5) is 32.0. The van der Waals surface area contributed by atoms with Crippen LogP contribution in [0.15, 0.2) is 47.4 Å². The molecule has 0 saturated carbocycles. The lowest BCUT2D eigenvalue weighted by atomic mass is 10.0. The number of amides is 1. The van der Waals surface area contributed by atoms with E-state index in [0.717, 1.165) is 6.07 Å². The van der Waals surface area contributed by atoms with Gasteiger partial charge in [-0.2, -0.15) is 13.2 Å². The average molecular weight is 437 g/mol. The van der Waals surface area contributed by atoms with E-state index in [-0.39, 0.29) is 42.1 Å². The molecular weight excluding hydrogens is 422 g/mol. The van der Waals surface area contributed by atoms with E-state index in [1.807, 2.05) is 0 Å². The highest BCUT2D eigenvalue weighted by atomic mass is 32.1. The summed E-state index contributed by atoms with van der Waals surface area (Å²) in [6.45, 7) is 0. The maximum atomic E-state index is 14.0. The first-order valence-electron chi connectivity index (χ1n) is 8.75. The van der Waals surface area contributed by atoms with Gasteiger partial charge in [0, 0.05) is 24.4 Å². The van der Waals surface area contributed by atoms with Crippen molar-refractivity contribution in [3.8, 4) is 0 Å². The maximum absolute atomic E-state index is 14.0. The summed E-state index contributed by atoms with van der Waals surface area (Å²) in [7, 11) is 0. The standard InChI is InChI=1S/C20H15F4N3O2S/c21-18-13(2-1-3-15(18)20(22,23)24)5-6-14(28)8-12-4-7-17(25-9-12)27-19(29)16-10-30-11-26-16/h1-4,7,9-11H,5-6,8H2,(H,25,27,29). The molecule has 0 unspecified atom stereocenters. The molecule has 1 N–H and O–H groups in total. The Morgan fingerprint density at radius 3 is 2.53 bits per heavy atom. The van der Waals surface area contributed by atoms with Gasteiger partial charge in [-0.3, -0.25) is 9.59 Å². The van der Waals surface area contributed by atoms with Crippen molar-refractivity contribution in [3.63, 3.8) is 0 Å². The molecule has 0 atom stereocenters. The van der Waals surface area contributed by atoms with Gasteiger partial charge in [-0.15, -0.1) is 11.3 Å². The Balaban J connectivity index is 1.55. The molecule has 0 radical (unpaired) electrons. The molecule has 1 aromatic carbocycles. The van der Waals surface area contributed by atoms with Crippen LogP contribution < -0.4 is 5.32 Å². The van der Waals surface area contributed by atoms with E-state index in [4.69, 9.17) is 0 Å². The first-order chi connectivity index (χ1) is 14.2. The van der Waals surface area contributed by atoms with E-state index in [0.29, 0.717) is 11.6 Å². The van der Waals surface area contributed by atoms with Crippen LogP contribution in [0.5, 0.6) is 0 Å². The minimum Gasteiger partial charge on any atom is -0.305 e. The number of alkyl halides is 3. The van der Waals surface area contributed by atoms with Crippen LogP contribution in [0.25, 0.3) is 0 Å². The molecule has 0 spiro atoms. The highest BCUT2D eigenvalue weighted by Gasteiger charge is 2.34. The summed E-state index contributed by atoms with van der Waals surface area (Å²) in [5.74, 6) is -1.74. The summed E-state index contributed by atoms with van der Waals surface area (Å²) in [6, 6.07) is 6.15. The topological polar surface area (TPSA) is 72.0 Å². The zero-order valence-corrected chi connectivity index (χ0v) is 16.2. The lowest BCUT2D eigenvalue weighted by Crippen LogP contribution is -2.13. The number of nitrogens with one attached hydrogen (secondary N) is 1. The van der Waals surface area contributed by atoms with Crippen molar-refractivity contribution < 1.29 is 27.2 Å². The molecule has 2 heterocycles. The number of Topliss-reactive ketones (excluding diaryl/α,β-unsaturated/α-hetero) is 1. The molecule has 0 bridgehead atoms. The molecule has 2 aromatic heterocycles. The maximum Gasteiger partial charge on any atom is 0.419 e. The van der Waals surface area contributed by atoms with Crippen molar-refractivity contribution in [1.29, 1.82) is 0 Å². The van der Waals surface area contributed by atoms with Crippen LogP contribution in [0.4, 0.5) is 23.4 Å². The van der Waals surface area contributed by atoms with Gasteiger partial charge in [0.15, 0.2) is 0 Å². The number of thiazole rings is 1. The number of ketones is 1. The molecular formula is C20H15F4N3O2S. The van der Waals surface area contributed by atoms with Crippen LogP contribution in [-0.4, -0.2) is 21.7 Å². The van der Waals surface area contributed by atoms with Crippen LogP contribution in [0.2, 0.25) is 0 Å². The molecule has 0 aliphatic carbocycles. The summed E-state index contributed by atoms with van der Waals surface area (Å²) >= 11 is 1.28. The fourth-order valence-corrected chi connectivity index (χ4v) is 3.22. The number of anilines is 1. The van der Waals surface area contributed by atoms with E-state index in [1.165, 1.54) is 35.2 Å². The second-order valence-electron chi connectivity index (χ2n) is 6.37. The summed E-state index contributed by atoms with van der Waals surface area (Å²) in [5.41, 5.74) is 0.866. The van der Waals surface area contributed by atoms with Crippen molar-refractivity contribution in [3.05, 3.63) is 75.6 Å². The third-order valence-electron chi connectivity index (χ3n) is 4.19. The van der Waals surface area contributed by atoms with Gasteiger partial charge in [0.2, 0.25) is 0 Å². The number of aromatic nitrogens is 2. The van der Waals surface area contributed by atoms with Crippen molar-refractivity contribution in [2.24, 2.45) is 0 Å². The number of nitrogens with zero attached hydrogens (tertiary/aromatic N) is 2. The largest absolute Gasteiger partial charge is 0.419 e. The number of hydrogen-bond donors (Lipinski definition) is 1. The molecule has 3 rings (SSSR count). The Morgan fingerprint density at radius 2 is 1.90 bits per heavy atom. The quantitative estimate of drug-likeness (QED) is 0.545. The van der Waals surface area contributed by atoms with Gasteiger partial charge in [0.25, 0.3) is 5.91 Å². The van der Waals surface area contributed by atoms with Gasteiger partial charge in [-0.05, 0) is 29.7 Å². The third-order valence-corrected chi connectivity index (χ3v) is 4.78. The van der Waals surface area contributed by atoms with E-state index >= 15 is 0 Å². The van der Waals surface area contributed by atoms with Crippen molar-refractivity contribution in [1.82, 2.24) is 9.97 Å². The fraction of sp³-hybridized carbons (Fsp3) is 0.200. The Kier molecular flexibility index (Phi) is 6.56. The number of benzene rings is 1. The third kappa shape index (κ3) is 5.47. The minimum absolute atomic E-state index is 0.00606. The van der Waals surface area contributed by atoms with Crippen molar-refractivity contribution >= 4 is 28.8 Å². The van der Waals surface area contributed by atoms with E-state index in [1.54, 1.807) is 11.4 Å². The van der Waals surface area contributed by atoms with Crippen LogP contribution in [0, 0.1) is 5.82 Å². The summed E-state index contributed by atoms with van der Waals surface area (Å²) < 4.78 is 52.3. The molecule has 5 nitrogen and oxygen atoms in total. The van der Waals surface area contributed by atoms with Crippen LogP contribution in [0.1, 0.15) is 33.6 Å². The molecule has 0 fully saturated rings. The smallest absolute Gasteiger partial charge is 0.305 e. The second-order valence-corrected chi connectivity index (χ2v) is 7.09. The predicted octanol–water partition coefficient (Wildman–Crippen LogP) is 4.69. The van der Waals surface area contributed by atoms with Gasteiger partial charge in [0.1, 0.15) is 23.1 Å². The first-order valence-corrected chi connectivity index (χ1v) is 9.69. The van der Waals surface area contributed by atoms with Crippen LogP contribution in [-0.2, 0) is 23.8 Å². The van der Waals surface area contributed by atoms with Crippen molar-refractivity contribution in [2.75, 3.05) is 5.32 Å². The number of carbonyl (C=O) groups is 2. The lowest BCUT2D eigenvalue weighted by Gasteiger charge is -2.11. The van der Waals surface area contributed by atoms with E-state index in [9.17, 15) is 27.2 Å². The molecule has 0 aliphatic rings. The number of rotatable bonds is 7. The number of pyridine rings is 1. The van der Waals surface area contributed by atoms with E-state index in [2.05, 4.69) is 15.3 Å².